The Morgan fingerprint density at radius 2 is 1.63 bits per heavy atom. The quantitative estimate of drug-likeness (QED) is 0.595. The summed E-state index contributed by atoms with van der Waals surface area (Å²) < 4.78 is 51.1. The topological polar surface area (TPSA) is 26.0 Å². The normalized spacial score (nSPS) is 11.6. The van der Waals surface area contributed by atoms with E-state index in [0.29, 0.717) is 5.69 Å². The van der Waals surface area contributed by atoms with Crippen LogP contribution in [0.3, 0.4) is 0 Å². The molecular weight excluding hydrogens is 282 g/mol. The molecule has 0 radical (unpaired) electrons. The van der Waals surface area contributed by atoms with Crippen molar-refractivity contribution in [1.82, 2.24) is 0 Å². The summed E-state index contributed by atoms with van der Waals surface area (Å²) in [5, 5.41) is -0.181. The van der Waals surface area contributed by atoms with E-state index in [0.717, 1.165) is 24.3 Å². The molecule has 0 spiro atoms. The third kappa shape index (κ3) is 2.81. The van der Waals surface area contributed by atoms with Gasteiger partial charge in [0.25, 0.3) is 0 Å². The maximum absolute atomic E-state index is 13.6. The number of nitrogens with two attached hydrogens (primary N) is 1. The first-order valence-electron chi connectivity index (χ1n) is 5.21. The fourth-order valence-corrected chi connectivity index (χ4v) is 1.94. The van der Waals surface area contributed by atoms with Gasteiger partial charge in [-0.2, -0.15) is 13.2 Å². The van der Waals surface area contributed by atoms with Crippen LogP contribution in [0.5, 0.6) is 0 Å². The third-order valence-electron chi connectivity index (χ3n) is 2.58. The molecule has 0 saturated carbocycles. The molecule has 2 aromatic carbocycles. The molecule has 0 amide bonds. The number of hydrogen-bond donors (Lipinski definition) is 1. The van der Waals surface area contributed by atoms with Crippen molar-refractivity contribution in [3.05, 3.63) is 52.8 Å². The maximum atomic E-state index is 13.6. The molecule has 0 fully saturated rings. The second kappa shape index (κ2) is 4.74. The van der Waals surface area contributed by atoms with Gasteiger partial charge >= 0.3 is 6.18 Å². The monoisotopic (exact) mass is 289 g/mol. The lowest BCUT2D eigenvalue weighted by atomic mass is 10.0. The van der Waals surface area contributed by atoms with Crippen LogP contribution in [0, 0.1) is 5.82 Å². The Labute approximate surface area is 111 Å². The molecule has 0 aliphatic carbocycles. The number of alkyl halides is 3. The summed E-state index contributed by atoms with van der Waals surface area (Å²) in [7, 11) is 0. The molecule has 2 rings (SSSR count). The Kier molecular flexibility index (Phi) is 3.41. The predicted molar refractivity (Wildman–Crippen MR) is 66.3 cm³/mol. The van der Waals surface area contributed by atoms with E-state index in [1.54, 1.807) is 0 Å². The van der Waals surface area contributed by atoms with Gasteiger partial charge in [-0.3, -0.25) is 0 Å². The zero-order valence-electron chi connectivity index (χ0n) is 9.43. The van der Waals surface area contributed by atoms with Crippen LogP contribution in [0.1, 0.15) is 5.56 Å². The molecule has 100 valence electrons. The minimum absolute atomic E-state index is 0.0683. The zero-order valence-corrected chi connectivity index (χ0v) is 10.2. The lowest BCUT2D eigenvalue weighted by Crippen LogP contribution is -2.04. The van der Waals surface area contributed by atoms with Crippen LogP contribution in [-0.2, 0) is 6.18 Å². The highest BCUT2D eigenvalue weighted by Crippen LogP contribution is 2.36. The van der Waals surface area contributed by atoms with Crippen LogP contribution in [0.4, 0.5) is 23.2 Å². The van der Waals surface area contributed by atoms with Gasteiger partial charge in [0.05, 0.1) is 5.56 Å². The fourth-order valence-electron chi connectivity index (χ4n) is 1.66. The maximum Gasteiger partial charge on any atom is 0.416 e. The standard InChI is InChI=1S/C13H8ClF4N/c14-11-5-7(13(16,17)18)1-3-9(11)10-6-8(19)2-4-12(10)15/h1-6H,19H2. The van der Waals surface area contributed by atoms with Crippen LogP contribution in [0.2, 0.25) is 5.02 Å². The van der Waals surface area contributed by atoms with Gasteiger partial charge in [-0.15, -0.1) is 0 Å². The Morgan fingerprint density at radius 1 is 0.947 bits per heavy atom. The highest BCUT2D eigenvalue weighted by Gasteiger charge is 2.31. The van der Waals surface area contributed by atoms with Crippen LogP contribution >= 0.6 is 11.6 Å². The minimum atomic E-state index is -4.49. The van der Waals surface area contributed by atoms with Crippen molar-refractivity contribution in [2.75, 3.05) is 5.73 Å². The highest BCUT2D eigenvalue weighted by molar-refractivity contribution is 6.33. The summed E-state index contributed by atoms with van der Waals surface area (Å²) in [4.78, 5) is 0. The van der Waals surface area contributed by atoms with Gasteiger partial charge in [-0.05, 0) is 30.3 Å². The average molecular weight is 290 g/mol. The Hall–Kier alpha value is -1.75. The number of rotatable bonds is 1. The van der Waals surface area contributed by atoms with Crippen molar-refractivity contribution in [1.29, 1.82) is 0 Å². The molecule has 0 unspecified atom stereocenters. The number of anilines is 1. The highest BCUT2D eigenvalue weighted by atomic mass is 35.5. The molecule has 1 nitrogen and oxygen atoms in total. The Balaban J connectivity index is 2.55. The molecule has 0 saturated heterocycles. The van der Waals surface area contributed by atoms with Gasteiger partial charge in [0.2, 0.25) is 0 Å². The van der Waals surface area contributed by atoms with Crippen LogP contribution < -0.4 is 5.73 Å². The van der Waals surface area contributed by atoms with E-state index >= 15 is 0 Å². The molecule has 0 aliphatic heterocycles. The summed E-state index contributed by atoms with van der Waals surface area (Å²) >= 11 is 5.79. The van der Waals surface area contributed by atoms with Gasteiger partial charge in [-0.25, -0.2) is 4.39 Å². The summed E-state index contributed by atoms with van der Waals surface area (Å²) in [6.07, 6.45) is -4.49. The molecule has 0 aromatic heterocycles. The summed E-state index contributed by atoms with van der Waals surface area (Å²) in [5.74, 6) is -0.601. The smallest absolute Gasteiger partial charge is 0.399 e. The molecular formula is C13H8ClF4N. The summed E-state index contributed by atoms with van der Waals surface area (Å²) in [6, 6.07) is 6.56. The van der Waals surface area contributed by atoms with E-state index in [4.69, 9.17) is 17.3 Å². The second-order valence-corrected chi connectivity index (χ2v) is 4.34. The van der Waals surface area contributed by atoms with E-state index in [2.05, 4.69) is 0 Å². The van der Waals surface area contributed by atoms with Crippen molar-refractivity contribution in [3.8, 4) is 11.1 Å². The SMILES string of the molecule is Nc1ccc(F)c(-c2ccc(C(F)(F)F)cc2Cl)c1. The third-order valence-corrected chi connectivity index (χ3v) is 2.89. The van der Waals surface area contributed by atoms with E-state index in [1.807, 2.05) is 0 Å². The molecule has 0 aliphatic rings. The second-order valence-electron chi connectivity index (χ2n) is 3.93. The molecule has 2 aromatic rings. The molecule has 0 bridgehead atoms. The molecule has 19 heavy (non-hydrogen) atoms. The fraction of sp³-hybridized carbons (Fsp3) is 0.0769. The van der Waals surface area contributed by atoms with E-state index < -0.39 is 17.6 Å². The van der Waals surface area contributed by atoms with Crippen LogP contribution in [0.15, 0.2) is 36.4 Å². The first-order valence-corrected chi connectivity index (χ1v) is 5.59. The molecule has 0 atom stereocenters. The van der Waals surface area contributed by atoms with Crippen LogP contribution in [0.25, 0.3) is 11.1 Å². The Morgan fingerprint density at radius 3 is 2.21 bits per heavy atom. The number of benzene rings is 2. The van der Waals surface area contributed by atoms with Gasteiger partial charge in [-0.1, -0.05) is 17.7 Å². The predicted octanol–water partition coefficient (Wildman–Crippen LogP) is 4.75. The first-order chi connectivity index (χ1) is 8.79. The van der Waals surface area contributed by atoms with Gasteiger partial charge in [0, 0.05) is 21.8 Å². The number of nitrogen functional groups attached to an aromatic ring is 1. The van der Waals surface area contributed by atoms with Crippen LogP contribution in [-0.4, -0.2) is 0 Å². The Bertz CT molecular complexity index is 623. The van der Waals surface area contributed by atoms with E-state index in [1.165, 1.54) is 12.1 Å². The van der Waals surface area contributed by atoms with Crippen molar-refractivity contribution < 1.29 is 17.6 Å². The zero-order chi connectivity index (χ0) is 14.2. The van der Waals surface area contributed by atoms with Gasteiger partial charge in [0.15, 0.2) is 0 Å². The molecule has 2 N–H and O–H groups in total. The summed E-state index contributed by atoms with van der Waals surface area (Å²) in [6.45, 7) is 0. The van der Waals surface area contributed by atoms with E-state index in [9.17, 15) is 17.6 Å². The minimum Gasteiger partial charge on any atom is -0.399 e. The van der Waals surface area contributed by atoms with Crippen molar-refractivity contribution in [2.24, 2.45) is 0 Å². The number of halogens is 5. The lowest BCUT2D eigenvalue weighted by Gasteiger charge is -2.11. The average Bonchev–Trinajstić information content (AvgIpc) is 2.31. The summed E-state index contributed by atoms with van der Waals surface area (Å²) in [5.41, 5.74) is 5.17. The van der Waals surface area contributed by atoms with Crippen molar-refractivity contribution in [2.45, 2.75) is 6.18 Å². The molecule has 0 heterocycles. The largest absolute Gasteiger partial charge is 0.416 e. The number of hydrogen-bond acceptors (Lipinski definition) is 1. The first kappa shape index (κ1) is 13.7. The van der Waals surface area contributed by atoms with Crippen molar-refractivity contribution >= 4 is 17.3 Å². The van der Waals surface area contributed by atoms with Gasteiger partial charge in [0.1, 0.15) is 5.82 Å². The van der Waals surface area contributed by atoms with Crippen molar-refractivity contribution in [3.63, 3.8) is 0 Å². The van der Waals surface area contributed by atoms with E-state index in [-0.39, 0.29) is 16.1 Å². The lowest BCUT2D eigenvalue weighted by molar-refractivity contribution is -0.137. The van der Waals surface area contributed by atoms with Gasteiger partial charge < -0.3 is 5.73 Å². The molecule has 6 heteroatoms.